The lowest BCUT2D eigenvalue weighted by atomic mass is 10.0. The van der Waals surface area contributed by atoms with Gasteiger partial charge in [-0.2, -0.15) is 0 Å². The molecule has 1 unspecified atom stereocenters. The van der Waals surface area contributed by atoms with Gasteiger partial charge in [-0.3, -0.25) is 10.0 Å². The zero-order valence-corrected chi connectivity index (χ0v) is 11.2. The Hall–Kier alpha value is -2.34. The third-order valence-electron chi connectivity index (χ3n) is 3.10. The fraction of sp³-hybridized carbons (Fsp3) is 0.286. The van der Waals surface area contributed by atoms with Crippen molar-refractivity contribution in [3.63, 3.8) is 0 Å². The SMILES string of the molecule is COc1ccc2cc(CC(C)C(=O)NO)c(=O)oc2c1. The summed E-state index contributed by atoms with van der Waals surface area (Å²) in [4.78, 5) is 23.1. The fourth-order valence-electron chi connectivity index (χ4n) is 1.94. The number of rotatable bonds is 4. The van der Waals surface area contributed by atoms with Crippen LogP contribution < -0.4 is 15.8 Å². The number of hydroxylamine groups is 1. The summed E-state index contributed by atoms with van der Waals surface area (Å²) in [6.07, 6.45) is 0.191. The highest BCUT2D eigenvalue weighted by Crippen LogP contribution is 2.20. The number of amides is 1. The zero-order valence-electron chi connectivity index (χ0n) is 11.2. The van der Waals surface area contributed by atoms with Crippen molar-refractivity contribution in [2.24, 2.45) is 5.92 Å². The van der Waals surface area contributed by atoms with Gasteiger partial charge in [0.1, 0.15) is 11.3 Å². The van der Waals surface area contributed by atoms with E-state index in [1.54, 1.807) is 36.7 Å². The Morgan fingerprint density at radius 1 is 1.45 bits per heavy atom. The average Bonchev–Trinajstić information content (AvgIpc) is 2.46. The Balaban J connectivity index is 2.38. The highest BCUT2D eigenvalue weighted by Gasteiger charge is 2.16. The van der Waals surface area contributed by atoms with Gasteiger partial charge in [-0.15, -0.1) is 0 Å². The number of benzene rings is 1. The van der Waals surface area contributed by atoms with Crippen molar-refractivity contribution in [1.82, 2.24) is 5.48 Å². The lowest BCUT2D eigenvalue weighted by molar-refractivity contribution is -0.132. The largest absolute Gasteiger partial charge is 0.497 e. The van der Waals surface area contributed by atoms with Gasteiger partial charge in [-0.25, -0.2) is 10.3 Å². The number of fused-ring (bicyclic) bond motifs is 1. The van der Waals surface area contributed by atoms with Crippen LogP contribution in [0.25, 0.3) is 11.0 Å². The van der Waals surface area contributed by atoms with Crippen LogP contribution in [0.1, 0.15) is 12.5 Å². The molecule has 6 nitrogen and oxygen atoms in total. The molecule has 6 heteroatoms. The first-order valence-electron chi connectivity index (χ1n) is 6.10. The molecule has 2 aromatic rings. The van der Waals surface area contributed by atoms with E-state index in [0.717, 1.165) is 5.39 Å². The van der Waals surface area contributed by atoms with Crippen LogP contribution in [0.5, 0.6) is 5.75 Å². The molecule has 0 bridgehead atoms. The quantitative estimate of drug-likeness (QED) is 0.502. The third kappa shape index (κ3) is 2.80. The van der Waals surface area contributed by atoms with Gasteiger partial charge >= 0.3 is 5.63 Å². The zero-order chi connectivity index (χ0) is 14.7. The molecule has 2 N–H and O–H groups in total. The van der Waals surface area contributed by atoms with Crippen LogP contribution in [0.2, 0.25) is 0 Å². The van der Waals surface area contributed by atoms with Crippen LogP contribution in [-0.2, 0) is 11.2 Å². The summed E-state index contributed by atoms with van der Waals surface area (Å²) >= 11 is 0. The lowest BCUT2D eigenvalue weighted by Crippen LogP contribution is -2.28. The molecule has 1 aromatic carbocycles. The van der Waals surface area contributed by atoms with E-state index in [4.69, 9.17) is 14.4 Å². The predicted octanol–water partition coefficient (Wildman–Crippen LogP) is 1.49. The van der Waals surface area contributed by atoms with E-state index in [9.17, 15) is 9.59 Å². The van der Waals surface area contributed by atoms with Crippen LogP contribution in [0, 0.1) is 5.92 Å². The highest BCUT2D eigenvalue weighted by molar-refractivity contribution is 5.79. The highest BCUT2D eigenvalue weighted by atomic mass is 16.5. The summed E-state index contributed by atoms with van der Waals surface area (Å²) in [6.45, 7) is 1.61. The number of ether oxygens (including phenoxy) is 1. The summed E-state index contributed by atoms with van der Waals surface area (Å²) in [5.74, 6) is -0.473. The maximum atomic E-state index is 11.9. The van der Waals surface area contributed by atoms with Gasteiger partial charge in [0.25, 0.3) is 0 Å². The Bertz CT molecular complexity index is 692. The van der Waals surface area contributed by atoms with Gasteiger partial charge in [0.2, 0.25) is 5.91 Å². The number of nitrogens with one attached hydrogen (secondary N) is 1. The second-order valence-corrected chi connectivity index (χ2v) is 4.54. The first-order valence-corrected chi connectivity index (χ1v) is 6.10. The van der Waals surface area contributed by atoms with Gasteiger partial charge in [0, 0.05) is 22.9 Å². The minimum Gasteiger partial charge on any atom is -0.497 e. The van der Waals surface area contributed by atoms with E-state index in [0.29, 0.717) is 16.9 Å². The molecule has 1 heterocycles. The van der Waals surface area contributed by atoms with Crippen LogP contribution >= 0.6 is 0 Å². The smallest absolute Gasteiger partial charge is 0.339 e. The second kappa shape index (κ2) is 5.75. The maximum absolute atomic E-state index is 11.9. The normalized spacial score (nSPS) is 12.2. The Labute approximate surface area is 114 Å². The molecule has 1 atom stereocenters. The number of hydrogen-bond acceptors (Lipinski definition) is 5. The van der Waals surface area contributed by atoms with Crippen molar-refractivity contribution in [3.8, 4) is 5.75 Å². The molecule has 0 radical (unpaired) electrons. The van der Waals surface area contributed by atoms with Crippen LogP contribution in [0.15, 0.2) is 33.5 Å². The van der Waals surface area contributed by atoms with E-state index in [1.807, 2.05) is 0 Å². The van der Waals surface area contributed by atoms with E-state index in [-0.39, 0.29) is 6.42 Å². The van der Waals surface area contributed by atoms with Gasteiger partial charge in [0.05, 0.1) is 7.11 Å². The third-order valence-corrected chi connectivity index (χ3v) is 3.10. The first-order chi connectivity index (χ1) is 9.55. The predicted molar refractivity (Wildman–Crippen MR) is 71.8 cm³/mol. The molecular weight excluding hydrogens is 262 g/mol. The number of carbonyl (C=O) groups excluding carboxylic acids is 1. The summed E-state index contributed by atoms with van der Waals surface area (Å²) in [5.41, 5.74) is 1.89. The van der Waals surface area contributed by atoms with Crippen molar-refractivity contribution >= 4 is 16.9 Å². The summed E-state index contributed by atoms with van der Waals surface area (Å²) in [7, 11) is 1.53. The van der Waals surface area contributed by atoms with Crippen molar-refractivity contribution < 1.29 is 19.2 Å². The maximum Gasteiger partial charge on any atom is 0.339 e. The molecule has 106 valence electrons. The molecule has 0 aliphatic carbocycles. The molecule has 0 saturated carbocycles. The van der Waals surface area contributed by atoms with Gasteiger partial charge < -0.3 is 9.15 Å². The molecule has 2 rings (SSSR count). The fourth-order valence-corrected chi connectivity index (χ4v) is 1.94. The number of methoxy groups -OCH3 is 1. The molecule has 1 aromatic heterocycles. The van der Waals surface area contributed by atoms with E-state index >= 15 is 0 Å². The molecule has 0 spiro atoms. The number of carbonyl (C=O) groups is 1. The Kier molecular flexibility index (Phi) is 4.05. The molecule has 0 aliphatic rings. The second-order valence-electron chi connectivity index (χ2n) is 4.54. The minimum absolute atomic E-state index is 0.191. The van der Waals surface area contributed by atoms with Crippen molar-refractivity contribution in [3.05, 3.63) is 40.2 Å². The van der Waals surface area contributed by atoms with E-state index in [1.165, 1.54) is 7.11 Å². The summed E-state index contributed by atoms with van der Waals surface area (Å²) < 4.78 is 10.3. The average molecular weight is 277 g/mol. The van der Waals surface area contributed by atoms with Crippen molar-refractivity contribution in [2.75, 3.05) is 7.11 Å². The molecule has 1 amide bonds. The lowest BCUT2D eigenvalue weighted by Gasteiger charge is -2.09. The molecule has 20 heavy (non-hydrogen) atoms. The Morgan fingerprint density at radius 3 is 2.85 bits per heavy atom. The van der Waals surface area contributed by atoms with Gasteiger partial charge in [-0.05, 0) is 24.6 Å². The molecule has 0 fully saturated rings. The summed E-state index contributed by atoms with van der Waals surface area (Å²) in [5, 5.41) is 9.31. The first kappa shape index (κ1) is 14.1. The van der Waals surface area contributed by atoms with Crippen LogP contribution in [0.3, 0.4) is 0 Å². The monoisotopic (exact) mass is 277 g/mol. The standard InChI is InChI=1S/C14H15NO5/c1-8(13(16)15-18)5-10-6-9-3-4-11(19-2)7-12(9)20-14(10)17/h3-4,6-8,18H,5H2,1-2H3,(H,15,16). The minimum atomic E-state index is -0.542. The van der Waals surface area contributed by atoms with E-state index in [2.05, 4.69) is 0 Å². The molecule has 0 aliphatic heterocycles. The van der Waals surface area contributed by atoms with Crippen LogP contribution in [0.4, 0.5) is 0 Å². The van der Waals surface area contributed by atoms with Crippen molar-refractivity contribution in [2.45, 2.75) is 13.3 Å². The van der Waals surface area contributed by atoms with Gasteiger partial charge in [0.15, 0.2) is 0 Å². The molecular formula is C14H15NO5. The molecule has 0 saturated heterocycles. The van der Waals surface area contributed by atoms with E-state index < -0.39 is 17.5 Å². The van der Waals surface area contributed by atoms with Crippen LogP contribution in [-0.4, -0.2) is 18.2 Å². The number of hydrogen-bond donors (Lipinski definition) is 2. The summed E-state index contributed by atoms with van der Waals surface area (Å²) in [6, 6.07) is 6.85. The van der Waals surface area contributed by atoms with Crippen molar-refractivity contribution in [1.29, 1.82) is 0 Å². The van der Waals surface area contributed by atoms with Gasteiger partial charge in [-0.1, -0.05) is 6.92 Å². The topological polar surface area (TPSA) is 88.8 Å². The Morgan fingerprint density at radius 2 is 2.20 bits per heavy atom.